The quantitative estimate of drug-likeness (QED) is 0.864. The van der Waals surface area contributed by atoms with Gasteiger partial charge in [-0.15, -0.1) is 0 Å². The van der Waals surface area contributed by atoms with Crippen LogP contribution in [0.3, 0.4) is 0 Å². The Balaban J connectivity index is 1.94. The summed E-state index contributed by atoms with van der Waals surface area (Å²) in [5.74, 6) is 0. The standard InChI is InChI=1S/C16H24N2/c1-3-12-9-8-11(2)18(12)16-10-15(17)13-6-4-5-7-14(13)16/h4-7,11-12,15-16H,3,8-10,17H2,1-2H3. The van der Waals surface area contributed by atoms with Gasteiger partial charge in [0.25, 0.3) is 0 Å². The van der Waals surface area contributed by atoms with Crippen LogP contribution in [0.5, 0.6) is 0 Å². The predicted molar refractivity (Wildman–Crippen MR) is 75.3 cm³/mol. The first-order chi connectivity index (χ1) is 8.72. The molecule has 0 aromatic heterocycles. The first-order valence-electron chi connectivity index (χ1n) is 7.34. The number of rotatable bonds is 2. The summed E-state index contributed by atoms with van der Waals surface area (Å²) >= 11 is 0. The summed E-state index contributed by atoms with van der Waals surface area (Å²) in [6, 6.07) is 11.0. The highest BCUT2D eigenvalue weighted by Crippen LogP contribution is 2.45. The average molecular weight is 244 g/mol. The van der Waals surface area contributed by atoms with E-state index >= 15 is 0 Å². The highest BCUT2D eigenvalue weighted by atomic mass is 15.2. The minimum Gasteiger partial charge on any atom is -0.324 e. The number of likely N-dealkylation sites (tertiary alicyclic amines) is 1. The van der Waals surface area contributed by atoms with Crippen molar-refractivity contribution < 1.29 is 0 Å². The third kappa shape index (κ3) is 1.79. The Morgan fingerprint density at radius 1 is 1.22 bits per heavy atom. The fourth-order valence-electron chi connectivity index (χ4n) is 4.00. The molecule has 2 aliphatic rings. The number of nitrogens with two attached hydrogens (primary N) is 1. The average Bonchev–Trinajstić information content (AvgIpc) is 2.91. The summed E-state index contributed by atoms with van der Waals surface area (Å²) in [5.41, 5.74) is 9.17. The molecule has 1 aliphatic heterocycles. The normalized spacial score (nSPS) is 35.9. The third-order valence-corrected chi connectivity index (χ3v) is 4.91. The number of fused-ring (bicyclic) bond motifs is 1. The highest BCUT2D eigenvalue weighted by molar-refractivity contribution is 5.37. The molecule has 0 amide bonds. The topological polar surface area (TPSA) is 29.3 Å². The van der Waals surface area contributed by atoms with E-state index in [1.54, 1.807) is 0 Å². The number of hydrogen-bond donors (Lipinski definition) is 1. The molecule has 98 valence electrons. The van der Waals surface area contributed by atoms with Gasteiger partial charge < -0.3 is 5.73 Å². The summed E-state index contributed by atoms with van der Waals surface area (Å²) < 4.78 is 0. The van der Waals surface area contributed by atoms with Crippen molar-refractivity contribution in [3.63, 3.8) is 0 Å². The molecule has 2 nitrogen and oxygen atoms in total. The maximum Gasteiger partial charge on any atom is 0.0375 e. The molecule has 0 radical (unpaired) electrons. The van der Waals surface area contributed by atoms with Gasteiger partial charge in [-0.25, -0.2) is 0 Å². The second-order valence-electron chi connectivity index (χ2n) is 5.92. The lowest BCUT2D eigenvalue weighted by atomic mass is 10.0. The van der Waals surface area contributed by atoms with Crippen LogP contribution >= 0.6 is 0 Å². The van der Waals surface area contributed by atoms with Crippen LogP contribution in [0.15, 0.2) is 24.3 Å². The first-order valence-corrected chi connectivity index (χ1v) is 7.34. The Morgan fingerprint density at radius 2 is 1.94 bits per heavy atom. The lowest BCUT2D eigenvalue weighted by Gasteiger charge is -2.34. The van der Waals surface area contributed by atoms with Crippen LogP contribution in [-0.4, -0.2) is 17.0 Å². The molecule has 0 bridgehead atoms. The molecule has 18 heavy (non-hydrogen) atoms. The zero-order chi connectivity index (χ0) is 12.7. The predicted octanol–water partition coefficient (Wildman–Crippen LogP) is 3.39. The van der Waals surface area contributed by atoms with Crippen LogP contribution in [0.2, 0.25) is 0 Å². The molecule has 1 heterocycles. The van der Waals surface area contributed by atoms with Gasteiger partial charge in [0, 0.05) is 24.2 Å². The molecule has 1 aromatic rings. The second-order valence-corrected chi connectivity index (χ2v) is 5.92. The van der Waals surface area contributed by atoms with E-state index in [1.807, 2.05) is 0 Å². The van der Waals surface area contributed by atoms with Gasteiger partial charge in [-0.1, -0.05) is 31.2 Å². The molecule has 1 aromatic carbocycles. The molecule has 1 aliphatic carbocycles. The lowest BCUT2D eigenvalue weighted by Crippen LogP contribution is -2.37. The van der Waals surface area contributed by atoms with E-state index in [1.165, 1.54) is 30.4 Å². The zero-order valence-corrected chi connectivity index (χ0v) is 11.5. The van der Waals surface area contributed by atoms with Crippen LogP contribution in [0.1, 0.15) is 62.7 Å². The summed E-state index contributed by atoms with van der Waals surface area (Å²) in [5, 5.41) is 0. The maximum absolute atomic E-state index is 6.31. The van der Waals surface area contributed by atoms with Crippen molar-refractivity contribution in [1.29, 1.82) is 0 Å². The second kappa shape index (κ2) is 4.67. The van der Waals surface area contributed by atoms with E-state index in [-0.39, 0.29) is 6.04 Å². The molecule has 3 rings (SSSR count). The molecule has 0 spiro atoms. The smallest absolute Gasteiger partial charge is 0.0375 e. The van der Waals surface area contributed by atoms with Gasteiger partial charge >= 0.3 is 0 Å². The summed E-state index contributed by atoms with van der Waals surface area (Å²) in [6.45, 7) is 4.69. The van der Waals surface area contributed by atoms with Crippen molar-refractivity contribution in [1.82, 2.24) is 4.90 Å². The molecule has 2 N–H and O–H groups in total. The van der Waals surface area contributed by atoms with E-state index in [0.29, 0.717) is 12.1 Å². The van der Waals surface area contributed by atoms with Crippen LogP contribution in [-0.2, 0) is 0 Å². The Labute approximate surface area is 110 Å². The van der Waals surface area contributed by atoms with E-state index in [4.69, 9.17) is 5.73 Å². The number of nitrogens with zero attached hydrogens (tertiary/aromatic N) is 1. The van der Waals surface area contributed by atoms with Crippen LogP contribution in [0.25, 0.3) is 0 Å². The largest absolute Gasteiger partial charge is 0.324 e. The zero-order valence-electron chi connectivity index (χ0n) is 11.5. The van der Waals surface area contributed by atoms with Crippen molar-refractivity contribution in [2.75, 3.05) is 0 Å². The van der Waals surface area contributed by atoms with Crippen molar-refractivity contribution >= 4 is 0 Å². The third-order valence-electron chi connectivity index (χ3n) is 4.91. The van der Waals surface area contributed by atoms with Crippen molar-refractivity contribution in [2.45, 2.75) is 63.7 Å². The van der Waals surface area contributed by atoms with E-state index in [0.717, 1.165) is 12.5 Å². The van der Waals surface area contributed by atoms with Gasteiger partial charge in [0.2, 0.25) is 0 Å². The van der Waals surface area contributed by atoms with Crippen molar-refractivity contribution in [3.8, 4) is 0 Å². The SMILES string of the molecule is CCC1CCC(C)N1C1CC(N)c2ccccc21. The van der Waals surface area contributed by atoms with Gasteiger partial charge in [-0.2, -0.15) is 0 Å². The van der Waals surface area contributed by atoms with E-state index < -0.39 is 0 Å². The summed E-state index contributed by atoms with van der Waals surface area (Å²) in [7, 11) is 0. The Bertz CT molecular complexity index is 429. The summed E-state index contributed by atoms with van der Waals surface area (Å²) in [4.78, 5) is 2.74. The Kier molecular flexibility index (Phi) is 3.16. The number of benzene rings is 1. The minimum absolute atomic E-state index is 0.233. The molecule has 1 fully saturated rings. The van der Waals surface area contributed by atoms with Gasteiger partial charge in [0.1, 0.15) is 0 Å². The van der Waals surface area contributed by atoms with E-state index in [9.17, 15) is 0 Å². The first kappa shape index (κ1) is 12.2. The maximum atomic E-state index is 6.31. The van der Waals surface area contributed by atoms with Gasteiger partial charge in [0.05, 0.1) is 0 Å². The van der Waals surface area contributed by atoms with Crippen LogP contribution in [0.4, 0.5) is 0 Å². The van der Waals surface area contributed by atoms with Gasteiger partial charge in [-0.05, 0) is 43.7 Å². The molecule has 4 unspecified atom stereocenters. The lowest BCUT2D eigenvalue weighted by molar-refractivity contribution is 0.129. The molecular formula is C16H24N2. The van der Waals surface area contributed by atoms with Crippen molar-refractivity contribution in [2.24, 2.45) is 5.73 Å². The van der Waals surface area contributed by atoms with Crippen molar-refractivity contribution in [3.05, 3.63) is 35.4 Å². The molecule has 1 saturated heterocycles. The molecule has 2 heteroatoms. The Hall–Kier alpha value is -0.860. The molecular weight excluding hydrogens is 220 g/mol. The molecule has 4 atom stereocenters. The van der Waals surface area contributed by atoms with Gasteiger partial charge in [-0.3, -0.25) is 4.90 Å². The highest BCUT2D eigenvalue weighted by Gasteiger charge is 2.40. The molecule has 0 saturated carbocycles. The monoisotopic (exact) mass is 244 g/mol. The van der Waals surface area contributed by atoms with E-state index in [2.05, 4.69) is 43.0 Å². The van der Waals surface area contributed by atoms with Crippen LogP contribution in [0, 0.1) is 0 Å². The Morgan fingerprint density at radius 3 is 2.67 bits per heavy atom. The van der Waals surface area contributed by atoms with Crippen LogP contribution < -0.4 is 5.73 Å². The summed E-state index contributed by atoms with van der Waals surface area (Å²) in [6.07, 6.45) is 5.05. The fourth-order valence-corrected chi connectivity index (χ4v) is 4.00. The van der Waals surface area contributed by atoms with Gasteiger partial charge in [0.15, 0.2) is 0 Å². The minimum atomic E-state index is 0.233. The number of hydrogen-bond acceptors (Lipinski definition) is 2. The fraction of sp³-hybridized carbons (Fsp3) is 0.625.